The molecule has 6 aromatic rings. The van der Waals surface area contributed by atoms with Gasteiger partial charge in [0.25, 0.3) is 0 Å². The number of rotatable bonds is 5. The van der Waals surface area contributed by atoms with Gasteiger partial charge in [-0.2, -0.15) is 0 Å². The van der Waals surface area contributed by atoms with Crippen molar-refractivity contribution in [3.63, 3.8) is 0 Å². The number of nitrogens with zero attached hydrogens (tertiary/aromatic N) is 4. The molecule has 48 heavy (non-hydrogen) atoms. The van der Waals surface area contributed by atoms with Gasteiger partial charge in [0.2, 0.25) is 0 Å². The molecule has 0 saturated carbocycles. The molecule has 0 radical (unpaired) electrons. The van der Waals surface area contributed by atoms with Gasteiger partial charge in [0.05, 0.1) is 57.8 Å². The molecular formula is C37H33Cl3N4O4. The number of methoxy groups -OCH3 is 2. The Morgan fingerprint density at radius 3 is 1.67 bits per heavy atom. The number of fused-ring (bicyclic) bond motifs is 2. The van der Waals surface area contributed by atoms with Gasteiger partial charge >= 0.3 is 11.9 Å². The highest BCUT2D eigenvalue weighted by Gasteiger charge is 2.09. The molecule has 0 aliphatic rings. The maximum Gasteiger partial charge on any atom is 0.337 e. The number of carbonyl (C=O) groups is 2. The van der Waals surface area contributed by atoms with Crippen LogP contribution in [0.2, 0.25) is 10.0 Å². The minimum atomic E-state index is -0.362. The first-order valence-electron chi connectivity index (χ1n) is 14.7. The van der Waals surface area contributed by atoms with Gasteiger partial charge in [-0.1, -0.05) is 35.3 Å². The van der Waals surface area contributed by atoms with Gasteiger partial charge in [-0.25, -0.2) is 9.59 Å². The summed E-state index contributed by atoms with van der Waals surface area (Å²) in [5.74, 6) is -0.171. The molecule has 246 valence electrons. The van der Waals surface area contributed by atoms with Crippen molar-refractivity contribution in [2.75, 3.05) is 14.2 Å². The lowest BCUT2D eigenvalue weighted by atomic mass is 10.0. The molecule has 0 spiro atoms. The number of alkyl halides is 1. The number of aromatic nitrogens is 4. The summed E-state index contributed by atoms with van der Waals surface area (Å²) >= 11 is 17.9. The zero-order valence-electron chi connectivity index (χ0n) is 27.1. The van der Waals surface area contributed by atoms with Gasteiger partial charge in [-0.05, 0) is 92.6 Å². The molecule has 0 aliphatic carbocycles. The first-order valence-corrected chi connectivity index (χ1v) is 16.0. The van der Waals surface area contributed by atoms with Crippen LogP contribution < -0.4 is 0 Å². The second-order valence-electron chi connectivity index (χ2n) is 10.7. The van der Waals surface area contributed by atoms with E-state index in [4.69, 9.17) is 39.5 Å². The molecule has 0 unspecified atom stereocenters. The Morgan fingerprint density at radius 1 is 0.646 bits per heavy atom. The van der Waals surface area contributed by atoms with E-state index in [-0.39, 0.29) is 11.9 Å². The van der Waals surface area contributed by atoms with E-state index < -0.39 is 0 Å². The fraction of sp³-hybridized carbons (Fsp3) is 0.189. The lowest BCUT2D eigenvalue weighted by molar-refractivity contribution is 0.0591. The molecule has 2 aromatic carbocycles. The predicted octanol–water partition coefficient (Wildman–Crippen LogP) is 9.08. The summed E-state index contributed by atoms with van der Waals surface area (Å²) in [6.45, 7) is 5.61. The van der Waals surface area contributed by atoms with Crippen LogP contribution in [-0.2, 0) is 21.8 Å². The number of hydrogen-bond acceptors (Lipinski definition) is 8. The first kappa shape index (κ1) is 36.2. The zero-order chi connectivity index (χ0) is 34.8. The Bertz CT molecular complexity index is 2090. The van der Waals surface area contributed by atoms with Crippen LogP contribution >= 0.6 is 34.8 Å². The zero-order valence-corrected chi connectivity index (χ0v) is 29.3. The van der Waals surface area contributed by atoms with Crippen molar-refractivity contribution in [2.24, 2.45) is 0 Å². The van der Waals surface area contributed by atoms with Crippen molar-refractivity contribution in [1.82, 2.24) is 19.9 Å². The average Bonchev–Trinajstić information content (AvgIpc) is 3.09. The van der Waals surface area contributed by atoms with E-state index in [1.54, 1.807) is 36.7 Å². The Kier molecular flexibility index (Phi) is 12.8. The number of halogens is 3. The number of esters is 2. The summed E-state index contributed by atoms with van der Waals surface area (Å²) in [5.41, 5.74) is 8.37. The molecular weight excluding hydrogens is 671 g/mol. The normalized spacial score (nSPS) is 10.4. The number of ether oxygens (including phenoxy) is 2. The third kappa shape index (κ3) is 9.70. The van der Waals surface area contributed by atoms with Gasteiger partial charge in [0.15, 0.2) is 0 Å². The van der Waals surface area contributed by atoms with Crippen molar-refractivity contribution in [3.8, 4) is 0 Å². The van der Waals surface area contributed by atoms with Crippen molar-refractivity contribution < 1.29 is 19.1 Å². The van der Waals surface area contributed by atoms with Crippen LogP contribution in [0.1, 0.15) is 54.6 Å². The van der Waals surface area contributed by atoms with E-state index in [1.165, 1.54) is 14.2 Å². The molecule has 0 N–H and O–H groups in total. The summed E-state index contributed by atoms with van der Waals surface area (Å²) < 4.78 is 9.26. The van der Waals surface area contributed by atoms with Crippen LogP contribution in [0, 0.1) is 20.8 Å². The second-order valence-corrected chi connectivity index (χ2v) is 11.8. The van der Waals surface area contributed by atoms with E-state index in [0.29, 0.717) is 33.5 Å². The van der Waals surface area contributed by atoms with Crippen LogP contribution in [0.5, 0.6) is 0 Å². The highest BCUT2D eigenvalue weighted by Crippen LogP contribution is 2.23. The fourth-order valence-electron chi connectivity index (χ4n) is 4.61. The molecule has 6 rings (SSSR count). The smallest absolute Gasteiger partial charge is 0.337 e. The third-order valence-corrected chi connectivity index (χ3v) is 8.18. The van der Waals surface area contributed by atoms with E-state index in [0.717, 1.165) is 55.7 Å². The van der Waals surface area contributed by atoms with E-state index in [2.05, 4.69) is 24.7 Å². The molecule has 0 bridgehead atoms. The van der Waals surface area contributed by atoms with Crippen molar-refractivity contribution in [2.45, 2.75) is 33.1 Å². The Hall–Kier alpha value is -4.63. The molecule has 4 aromatic heterocycles. The first-order chi connectivity index (χ1) is 23.0. The molecule has 0 amide bonds. The van der Waals surface area contributed by atoms with Gasteiger partial charge in [0.1, 0.15) is 0 Å². The fourth-order valence-corrected chi connectivity index (χ4v) is 5.09. The van der Waals surface area contributed by atoms with E-state index >= 15 is 0 Å². The molecule has 0 fully saturated rings. The highest BCUT2D eigenvalue weighted by molar-refractivity contribution is 6.32. The van der Waals surface area contributed by atoms with Gasteiger partial charge in [-0.15, -0.1) is 11.6 Å². The molecule has 0 aliphatic heterocycles. The minimum Gasteiger partial charge on any atom is -0.465 e. The largest absolute Gasteiger partial charge is 0.465 e. The highest BCUT2D eigenvalue weighted by atomic mass is 35.5. The minimum absolute atomic E-state index is 0.324. The van der Waals surface area contributed by atoms with Crippen LogP contribution in [0.25, 0.3) is 21.8 Å². The van der Waals surface area contributed by atoms with Crippen LogP contribution in [0.4, 0.5) is 0 Å². The van der Waals surface area contributed by atoms with Crippen LogP contribution in [-0.4, -0.2) is 46.1 Å². The van der Waals surface area contributed by atoms with Crippen LogP contribution in [0.15, 0.2) is 85.2 Å². The summed E-state index contributed by atoms with van der Waals surface area (Å²) in [6.07, 6.45) is 3.82. The lowest BCUT2D eigenvalue weighted by Gasteiger charge is -2.06. The lowest BCUT2D eigenvalue weighted by Crippen LogP contribution is -2.03. The van der Waals surface area contributed by atoms with Gasteiger partial charge in [0, 0.05) is 46.9 Å². The number of pyridine rings is 4. The van der Waals surface area contributed by atoms with E-state index in [9.17, 15) is 9.59 Å². The SMILES string of the molecule is COC(=O)c1ccnc(C)c1.COC(=O)c1ccnc(Cc2ccc3nc(C)c(Cl)cc3c2)c1.Cc1nc2ccc(CCl)cc2cc1Cl. The van der Waals surface area contributed by atoms with Crippen molar-refractivity contribution >= 4 is 68.5 Å². The molecule has 8 nitrogen and oxygen atoms in total. The Labute approximate surface area is 294 Å². The van der Waals surface area contributed by atoms with Gasteiger partial charge < -0.3 is 9.47 Å². The average molecular weight is 704 g/mol. The Balaban J connectivity index is 0.000000177. The van der Waals surface area contributed by atoms with Crippen LogP contribution in [0.3, 0.4) is 0 Å². The number of carbonyl (C=O) groups excluding carboxylic acids is 2. The summed E-state index contributed by atoms with van der Waals surface area (Å²) in [7, 11) is 2.72. The van der Waals surface area contributed by atoms with E-state index in [1.807, 2.05) is 69.3 Å². The quantitative estimate of drug-likeness (QED) is 0.129. The molecule has 0 atom stereocenters. The predicted molar refractivity (Wildman–Crippen MR) is 191 cm³/mol. The molecule has 4 heterocycles. The number of benzene rings is 2. The maximum atomic E-state index is 11.6. The monoisotopic (exact) mass is 702 g/mol. The maximum absolute atomic E-state index is 11.6. The Morgan fingerprint density at radius 2 is 1.15 bits per heavy atom. The summed E-state index contributed by atoms with van der Waals surface area (Å²) in [5, 5.41) is 3.38. The number of hydrogen-bond donors (Lipinski definition) is 0. The molecule has 11 heteroatoms. The van der Waals surface area contributed by atoms with Crippen molar-refractivity contribution in [1.29, 1.82) is 0 Å². The van der Waals surface area contributed by atoms with Crippen molar-refractivity contribution in [3.05, 3.63) is 140 Å². The molecule has 0 saturated heterocycles. The standard InChI is InChI=1S/C18H15ClN2O2.C11H9Cl2N.C8H9NO2/c1-11-16(19)10-14-7-12(3-4-17(14)21-11)8-15-9-13(5-6-20-15)18(22)23-2;1-7-10(13)5-9-4-8(6-12)2-3-11(9)14-7;1-6-5-7(3-4-9-6)8(10)11-2/h3-7,9-10H,8H2,1-2H3;2-5H,6H2,1H3;3-5H,1-2H3. The van der Waals surface area contributed by atoms with Gasteiger partial charge in [-0.3, -0.25) is 19.9 Å². The second kappa shape index (κ2) is 17.0. The summed E-state index contributed by atoms with van der Waals surface area (Å²) in [4.78, 5) is 39.6. The summed E-state index contributed by atoms with van der Waals surface area (Å²) in [6, 6.07) is 22.5. The third-order valence-electron chi connectivity index (χ3n) is 7.11. The number of aryl methyl sites for hydroxylation is 3. The topological polar surface area (TPSA) is 104 Å².